The second-order valence-corrected chi connectivity index (χ2v) is 5.22. The molecule has 1 aromatic heterocycles. The number of ether oxygens (including phenoxy) is 2. The molecule has 0 amide bonds. The first-order valence-electron chi connectivity index (χ1n) is 6.72. The molecule has 4 N–H and O–H groups in total. The van der Waals surface area contributed by atoms with Crippen molar-refractivity contribution in [1.29, 1.82) is 0 Å². The number of hydrogen-bond donors (Lipinski definition) is 2. The number of nitrogen functional groups attached to an aromatic ring is 2. The Morgan fingerprint density at radius 2 is 1.95 bits per heavy atom. The fourth-order valence-electron chi connectivity index (χ4n) is 2.43. The van der Waals surface area contributed by atoms with Crippen molar-refractivity contribution >= 4 is 23.4 Å². The normalized spacial score (nSPS) is 14.9. The number of aromatic nitrogens is 2. The zero-order valence-electron chi connectivity index (χ0n) is 11.7. The van der Waals surface area contributed by atoms with E-state index in [0.717, 1.165) is 5.56 Å². The molecular formula is C15H15ClN4O2. The maximum atomic E-state index is 6.24. The lowest BCUT2D eigenvalue weighted by Gasteiger charge is -2.19. The van der Waals surface area contributed by atoms with E-state index in [0.29, 0.717) is 17.7 Å². The van der Waals surface area contributed by atoms with Crippen LogP contribution in [-0.4, -0.2) is 16.8 Å². The van der Waals surface area contributed by atoms with Gasteiger partial charge in [0.1, 0.15) is 23.0 Å². The molecule has 1 atom stereocenters. The van der Waals surface area contributed by atoms with Crippen LogP contribution in [0.1, 0.15) is 17.0 Å². The van der Waals surface area contributed by atoms with Crippen LogP contribution in [0.15, 0.2) is 42.4 Å². The van der Waals surface area contributed by atoms with Gasteiger partial charge in [0.25, 0.3) is 0 Å². The molecule has 1 aromatic carbocycles. The van der Waals surface area contributed by atoms with E-state index in [1.54, 1.807) is 6.26 Å². The van der Waals surface area contributed by atoms with Crippen LogP contribution < -0.4 is 11.5 Å². The standard InChI is InChI=1S/C15H15ClN4O2/c16-13-12(14(17)20-15(18)19-13)10(11-7-21-8-22-11)6-9-4-2-1-3-5-9/h1-5,7,10H,6,8H2,(H4,17,18,19,20). The van der Waals surface area contributed by atoms with Gasteiger partial charge in [-0.15, -0.1) is 0 Å². The number of rotatable bonds is 4. The second-order valence-electron chi connectivity index (χ2n) is 4.86. The number of benzene rings is 1. The smallest absolute Gasteiger partial charge is 0.229 e. The van der Waals surface area contributed by atoms with Gasteiger partial charge in [-0.2, -0.15) is 4.98 Å². The van der Waals surface area contributed by atoms with Crippen molar-refractivity contribution in [2.24, 2.45) is 0 Å². The van der Waals surface area contributed by atoms with Gasteiger partial charge in [0.15, 0.2) is 0 Å². The van der Waals surface area contributed by atoms with Crippen molar-refractivity contribution in [3.63, 3.8) is 0 Å². The zero-order valence-corrected chi connectivity index (χ0v) is 12.5. The Bertz CT molecular complexity index is 683. The highest BCUT2D eigenvalue weighted by Gasteiger charge is 2.28. The topological polar surface area (TPSA) is 96.3 Å². The quantitative estimate of drug-likeness (QED) is 0.841. The van der Waals surface area contributed by atoms with Crippen molar-refractivity contribution in [1.82, 2.24) is 9.97 Å². The molecule has 2 heterocycles. The van der Waals surface area contributed by atoms with Crippen molar-refractivity contribution in [3.8, 4) is 0 Å². The molecule has 22 heavy (non-hydrogen) atoms. The summed E-state index contributed by atoms with van der Waals surface area (Å²) in [6.07, 6.45) is 2.20. The van der Waals surface area contributed by atoms with Crippen LogP contribution in [0.25, 0.3) is 0 Å². The van der Waals surface area contributed by atoms with E-state index >= 15 is 0 Å². The third kappa shape index (κ3) is 2.92. The Hall–Kier alpha value is -2.47. The Labute approximate surface area is 132 Å². The third-order valence-electron chi connectivity index (χ3n) is 3.41. The van der Waals surface area contributed by atoms with Gasteiger partial charge in [0.05, 0.1) is 5.92 Å². The lowest BCUT2D eigenvalue weighted by atomic mass is 9.91. The molecule has 0 aliphatic carbocycles. The lowest BCUT2D eigenvalue weighted by Crippen LogP contribution is -2.13. The Morgan fingerprint density at radius 1 is 1.18 bits per heavy atom. The van der Waals surface area contributed by atoms with Gasteiger partial charge >= 0.3 is 0 Å². The van der Waals surface area contributed by atoms with Gasteiger partial charge in [-0.3, -0.25) is 0 Å². The molecule has 1 aliphatic heterocycles. The molecular weight excluding hydrogens is 304 g/mol. The molecule has 0 saturated carbocycles. The Morgan fingerprint density at radius 3 is 2.59 bits per heavy atom. The first-order valence-corrected chi connectivity index (χ1v) is 7.09. The minimum absolute atomic E-state index is 0.0438. The van der Waals surface area contributed by atoms with E-state index in [1.165, 1.54) is 0 Å². The highest BCUT2D eigenvalue weighted by molar-refractivity contribution is 6.30. The van der Waals surface area contributed by atoms with Gasteiger partial charge in [-0.25, -0.2) is 4.98 Å². The molecule has 0 saturated heterocycles. The number of halogens is 1. The summed E-state index contributed by atoms with van der Waals surface area (Å²) in [5.41, 5.74) is 13.3. The molecule has 0 radical (unpaired) electrons. The molecule has 2 aromatic rings. The summed E-state index contributed by atoms with van der Waals surface area (Å²) in [5.74, 6) is 0.695. The molecule has 6 nitrogen and oxygen atoms in total. The molecule has 3 rings (SSSR count). The monoisotopic (exact) mass is 318 g/mol. The van der Waals surface area contributed by atoms with E-state index in [4.69, 9.17) is 32.5 Å². The summed E-state index contributed by atoms with van der Waals surface area (Å²) in [6, 6.07) is 9.94. The predicted molar refractivity (Wildman–Crippen MR) is 83.9 cm³/mol. The van der Waals surface area contributed by atoms with E-state index in [1.807, 2.05) is 30.3 Å². The van der Waals surface area contributed by atoms with Crippen LogP contribution in [0.5, 0.6) is 0 Å². The van der Waals surface area contributed by atoms with Crippen molar-refractivity contribution in [3.05, 3.63) is 58.6 Å². The van der Waals surface area contributed by atoms with E-state index in [2.05, 4.69) is 9.97 Å². The van der Waals surface area contributed by atoms with E-state index in [9.17, 15) is 0 Å². The van der Waals surface area contributed by atoms with Crippen molar-refractivity contribution < 1.29 is 9.47 Å². The molecule has 0 bridgehead atoms. The number of hydrogen-bond acceptors (Lipinski definition) is 6. The minimum atomic E-state index is -0.238. The van der Waals surface area contributed by atoms with E-state index in [-0.39, 0.29) is 29.6 Å². The highest BCUT2D eigenvalue weighted by Crippen LogP contribution is 2.37. The lowest BCUT2D eigenvalue weighted by molar-refractivity contribution is 0.0752. The molecule has 0 fully saturated rings. The van der Waals surface area contributed by atoms with Crippen LogP contribution in [0, 0.1) is 0 Å². The molecule has 114 valence electrons. The Kier molecular flexibility index (Phi) is 4.02. The summed E-state index contributed by atoms with van der Waals surface area (Å²) in [4.78, 5) is 8.00. The molecule has 0 spiro atoms. The van der Waals surface area contributed by atoms with Crippen molar-refractivity contribution in [2.75, 3.05) is 18.3 Å². The minimum Gasteiger partial charge on any atom is -0.462 e. The average molecular weight is 319 g/mol. The highest BCUT2D eigenvalue weighted by atomic mass is 35.5. The summed E-state index contributed by atoms with van der Waals surface area (Å²) in [5, 5.41) is 0.224. The largest absolute Gasteiger partial charge is 0.462 e. The summed E-state index contributed by atoms with van der Waals surface area (Å²) in [7, 11) is 0. The van der Waals surface area contributed by atoms with Gasteiger partial charge in [-0.1, -0.05) is 41.9 Å². The van der Waals surface area contributed by atoms with Crippen LogP contribution in [0.3, 0.4) is 0 Å². The molecule has 1 unspecified atom stereocenters. The number of nitrogens with zero attached hydrogens (tertiary/aromatic N) is 2. The predicted octanol–water partition coefficient (Wildman–Crippen LogP) is 2.47. The second kappa shape index (κ2) is 6.11. The summed E-state index contributed by atoms with van der Waals surface area (Å²) < 4.78 is 10.7. The summed E-state index contributed by atoms with van der Waals surface area (Å²) >= 11 is 6.24. The van der Waals surface area contributed by atoms with E-state index < -0.39 is 0 Å². The first kappa shape index (κ1) is 14.5. The van der Waals surface area contributed by atoms with Gasteiger partial charge in [0, 0.05) is 5.56 Å². The SMILES string of the molecule is Nc1nc(N)c(C(Cc2ccccc2)C2=COCO2)c(Cl)n1. The van der Waals surface area contributed by atoms with Gasteiger partial charge in [-0.05, 0) is 12.0 Å². The maximum Gasteiger partial charge on any atom is 0.229 e. The molecule has 7 heteroatoms. The van der Waals surface area contributed by atoms with Gasteiger partial charge in [0.2, 0.25) is 12.7 Å². The number of nitrogens with two attached hydrogens (primary N) is 2. The van der Waals surface area contributed by atoms with Crippen LogP contribution >= 0.6 is 11.6 Å². The first-order chi connectivity index (χ1) is 10.6. The number of anilines is 2. The van der Waals surface area contributed by atoms with Crippen LogP contribution in [0.2, 0.25) is 5.15 Å². The summed E-state index contributed by atoms with van der Waals surface area (Å²) in [6.45, 7) is 0.175. The fraction of sp³-hybridized carbons (Fsp3) is 0.200. The van der Waals surface area contributed by atoms with Gasteiger partial charge < -0.3 is 20.9 Å². The third-order valence-corrected chi connectivity index (χ3v) is 3.70. The zero-order chi connectivity index (χ0) is 15.5. The van der Waals surface area contributed by atoms with Crippen LogP contribution in [-0.2, 0) is 15.9 Å². The maximum absolute atomic E-state index is 6.24. The van der Waals surface area contributed by atoms with Crippen LogP contribution in [0.4, 0.5) is 11.8 Å². The molecule has 1 aliphatic rings. The fourth-order valence-corrected chi connectivity index (χ4v) is 2.74. The Balaban J connectivity index is 2.02. The number of allylic oxidation sites excluding steroid dienone is 1. The average Bonchev–Trinajstić information content (AvgIpc) is 3.00. The van der Waals surface area contributed by atoms with Crippen molar-refractivity contribution in [2.45, 2.75) is 12.3 Å².